The molecule has 1 aromatic carbocycles. The van der Waals surface area contributed by atoms with Crippen molar-refractivity contribution in [3.05, 3.63) is 42.1 Å². The molecular weight excluding hydrogens is 284 g/mol. The van der Waals surface area contributed by atoms with Gasteiger partial charge in [-0.2, -0.15) is 0 Å². The number of carboxylic acid groups (broad SMARTS) is 1. The molecule has 1 atom stereocenters. The van der Waals surface area contributed by atoms with Crippen LogP contribution in [0.1, 0.15) is 16.9 Å². The molecule has 1 aromatic heterocycles. The first-order chi connectivity index (χ1) is 10.6. The first-order valence-corrected chi connectivity index (χ1v) is 7.12. The number of ether oxygens (including phenoxy) is 1. The molecule has 3 rings (SSSR count). The summed E-state index contributed by atoms with van der Waals surface area (Å²) in [6.45, 7) is 1.07. The van der Waals surface area contributed by atoms with Crippen LogP contribution in [0.25, 0.3) is 10.9 Å². The molecule has 1 fully saturated rings. The van der Waals surface area contributed by atoms with E-state index in [1.807, 2.05) is 30.3 Å². The van der Waals surface area contributed by atoms with Gasteiger partial charge in [0.1, 0.15) is 5.69 Å². The lowest BCUT2D eigenvalue weighted by molar-refractivity contribution is -0.141. The van der Waals surface area contributed by atoms with E-state index in [9.17, 15) is 9.59 Å². The van der Waals surface area contributed by atoms with E-state index in [1.165, 1.54) is 0 Å². The third-order valence-corrected chi connectivity index (χ3v) is 3.65. The van der Waals surface area contributed by atoms with E-state index in [0.717, 1.165) is 10.9 Å². The number of nitrogens with zero attached hydrogens (tertiary/aromatic N) is 2. The zero-order chi connectivity index (χ0) is 15.5. The molecule has 0 bridgehead atoms. The highest BCUT2D eigenvalue weighted by atomic mass is 16.5. The molecule has 2 heterocycles. The van der Waals surface area contributed by atoms with Crippen molar-refractivity contribution in [3.63, 3.8) is 0 Å². The second-order valence-electron chi connectivity index (χ2n) is 5.23. The van der Waals surface area contributed by atoms with Crippen LogP contribution in [-0.4, -0.2) is 52.7 Å². The summed E-state index contributed by atoms with van der Waals surface area (Å²) >= 11 is 0. The lowest BCUT2D eigenvalue weighted by Crippen LogP contribution is -2.46. The smallest absolute Gasteiger partial charge is 0.306 e. The van der Waals surface area contributed by atoms with Crippen molar-refractivity contribution >= 4 is 22.8 Å². The number of hydrogen-bond donors (Lipinski definition) is 1. The largest absolute Gasteiger partial charge is 0.481 e. The summed E-state index contributed by atoms with van der Waals surface area (Å²) in [5.74, 6) is -1.12. The molecule has 6 heteroatoms. The monoisotopic (exact) mass is 300 g/mol. The van der Waals surface area contributed by atoms with Gasteiger partial charge in [-0.15, -0.1) is 0 Å². The summed E-state index contributed by atoms with van der Waals surface area (Å²) in [6.07, 6.45) is -0.565. The lowest BCUT2D eigenvalue weighted by atomic mass is 10.1. The number of morpholine rings is 1. The molecule has 0 aliphatic carbocycles. The average Bonchev–Trinajstić information content (AvgIpc) is 2.53. The number of amides is 1. The van der Waals surface area contributed by atoms with Gasteiger partial charge in [-0.25, -0.2) is 4.98 Å². The van der Waals surface area contributed by atoms with Gasteiger partial charge in [0.15, 0.2) is 0 Å². The maximum atomic E-state index is 12.5. The molecule has 1 aliphatic rings. The molecule has 1 saturated heterocycles. The molecule has 6 nitrogen and oxygen atoms in total. The summed E-state index contributed by atoms with van der Waals surface area (Å²) in [5, 5.41) is 9.81. The number of pyridine rings is 1. The molecule has 1 unspecified atom stereocenters. The van der Waals surface area contributed by atoms with Gasteiger partial charge in [0.2, 0.25) is 0 Å². The van der Waals surface area contributed by atoms with Crippen LogP contribution in [0, 0.1) is 0 Å². The highest BCUT2D eigenvalue weighted by Crippen LogP contribution is 2.15. The Bertz CT molecular complexity index is 716. The minimum atomic E-state index is -0.928. The van der Waals surface area contributed by atoms with Crippen molar-refractivity contribution < 1.29 is 19.4 Å². The number of rotatable bonds is 3. The standard InChI is InChI=1S/C16H16N2O4/c19-15(20)9-12-10-18(7-8-22-12)16(21)14-6-5-11-3-1-2-4-13(11)17-14/h1-6,12H,7-10H2,(H,19,20). The van der Waals surface area contributed by atoms with Gasteiger partial charge in [0, 0.05) is 18.5 Å². The van der Waals surface area contributed by atoms with Crippen molar-refractivity contribution in [1.82, 2.24) is 9.88 Å². The fraction of sp³-hybridized carbons (Fsp3) is 0.312. The summed E-state index contributed by atoms with van der Waals surface area (Å²) in [5.41, 5.74) is 1.14. The Hall–Kier alpha value is -2.47. The Balaban J connectivity index is 1.78. The maximum Gasteiger partial charge on any atom is 0.306 e. The van der Waals surface area contributed by atoms with E-state index in [1.54, 1.807) is 11.0 Å². The summed E-state index contributed by atoms with van der Waals surface area (Å²) in [6, 6.07) is 11.2. The van der Waals surface area contributed by atoms with E-state index >= 15 is 0 Å². The molecule has 0 saturated carbocycles. The highest BCUT2D eigenvalue weighted by Gasteiger charge is 2.27. The van der Waals surface area contributed by atoms with Gasteiger partial charge < -0.3 is 14.7 Å². The van der Waals surface area contributed by atoms with Gasteiger partial charge in [0.05, 0.1) is 24.6 Å². The second-order valence-corrected chi connectivity index (χ2v) is 5.23. The van der Waals surface area contributed by atoms with Crippen molar-refractivity contribution in [1.29, 1.82) is 0 Å². The Morgan fingerprint density at radius 3 is 2.91 bits per heavy atom. The predicted molar refractivity (Wildman–Crippen MR) is 79.6 cm³/mol. The third kappa shape index (κ3) is 3.07. The summed E-state index contributed by atoms with van der Waals surface area (Å²) in [7, 11) is 0. The minimum absolute atomic E-state index is 0.102. The first-order valence-electron chi connectivity index (χ1n) is 7.12. The molecule has 2 aromatic rings. The number of para-hydroxylation sites is 1. The van der Waals surface area contributed by atoms with E-state index < -0.39 is 12.1 Å². The van der Waals surface area contributed by atoms with Crippen LogP contribution in [-0.2, 0) is 9.53 Å². The summed E-state index contributed by atoms with van der Waals surface area (Å²) < 4.78 is 5.38. The number of benzene rings is 1. The normalized spacial score (nSPS) is 18.4. The number of carbonyl (C=O) groups excluding carboxylic acids is 1. The molecule has 1 aliphatic heterocycles. The van der Waals surface area contributed by atoms with E-state index in [2.05, 4.69) is 4.98 Å². The van der Waals surface area contributed by atoms with Crippen molar-refractivity contribution in [3.8, 4) is 0 Å². The van der Waals surface area contributed by atoms with Crippen LogP contribution >= 0.6 is 0 Å². The van der Waals surface area contributed by atoms with Crippen molar-refractivity contribution in [2.75, 3.05) is 19.7 Å². The molecule has 1 N–H and O–H groups in total. The van der Waals surface area contributed by atoms with E-state index in [-0.39, 0.29) is 18.9 Å². The SMILES string of the molecule is O=C(O)CC1CN(C(=O)c2ccc3ccccc3n2)CCO1. The van der Waals surface area contributed by atoms with Crippen LogP contribution in [0.15, 0.2) is 36.4 Å². The number of hydrogen-bond acceptors (Lipinski definition) is 4. The summed E-state index contributed by atoms with van der Waals surface area (Å²) in [4.78, 5) is 29.3. The highest BCUT2D eigenvalue weighted by molar-refractivity contribution is 5.95. The van der Waals surface area contributed by atoms with Crippen LogP contribution in [0.2, 0.25) is 0 Å². The fourth-order valence-corrected chi connectivity index (χ4v) is 2.57. The molecular formula is C16H16N2O4. The zero-order valence-electron chi connectivity index (χ0n) is 11.9. The zero-order valence-corrected chi connectivity index (χ0v) is 11.9. The van der Waals surface area contributed by atoms with E-state index in [0.29, 0.717) is 18.8 Å². The van der Waals surface area contributed by atoms with Gasteiger partial charge >= 0.3 is 5.97 Å². The van der Waals surface area contributed by atoms with Crippen LogP contribution in [0.3, 0.4) is 0 Å². The fourth-order valence-electron chi connectivity index (χ4n) is 2.57. The molecule has 22 heavy (non-hydrogen) atoms. The molecule has 0 spiro atoms. The van der Waals surface area contributed by atoms with Crippen LogP contribution in [0.5, 0.6) is 0 Å². The Morgan fingerprint density at radius 1 is 1.27 bits per heavy atom. The predicted octanol–water partition coefficient (Wildman–Crippen LogP) is 1.55. The lowest BCUT2D eigenvalue weighted by Gasteiger charge is -2.32. The second kappa shape index (κ2) is 6.11. The number of aromatic nitrogens is 1. The molecule has 0 radical (unpaired) electrons. The minimum Gasteiger partial charge on any atom is -0.481 e. The third-order valence-electron chi connectivity index (χ3n) is 3.65. The van der Waals surface area contributed by atoms with Gasteiger partial charge in [-0.3, -0.25) is 9.59 Å². The quantitative estimate of drug-likeness (QED) is 0.930. The van der Waals surface area contributed by atoms with E-state index in [4.69, 9.17) is 9.84 Å². The first kappa shape index (κ1) is 14.5. The van der Waals surface area contributed by atoms with Gasteiger partial charge in [-0.05, 0) is 12.1 Å². The topological polar surface area (TPSA) is 79.7 Å². The van der Waals surface area contributed by atoms with Crippen LogP contribution in [0.4, 0.5) is 0 Å². The Labute approximate surface area is 127 Å². The number of carbonyl (C=O) groups is 2. The van der Waals surface area contributed by atoms with Gasteiger partial charge in [-0.1, -0.05) is 24.3 Å². The Kier molecular flexibility index (Phi) is 4.02. The van der Waals surface area contributed by atoms with Crippen molar-refractivity contribution in [2.45, 2.75) is 12.5 Å². The Morgan fingerprint density at radius 2 is 2.09 bits per heavy atom. The van der Waals surface area contributed by atoms with Crippen LogP contribution < -0.4 is 0 Å². The molecule has 1 amide bonds. The van der Waals surface area contributed by atoms with Crippen molar-refractivity contribution in [2.24, 2.45) is 0 Å². The maximum absolute atomic E-state index is 12.5. The number of carboxylic acids is 1. The molecule has 114 valence electrons. The number of fused-ring (bicyclic) bond motifs is 1. The van der Waals surface area contributed by atoms with Gasteiger partial charge in [0.25, 0.3) is 5.91 Å². The number of aliphatic carboxylic acids is 1. The average molecular weight is 300 g/mol.